The standard InChI is InChI=1S/C14H22N2O/c1-9-5-6-13(10(2)7-9)8-11(3)16-14(17)12(4)15/h5-7,11-12H,8,15H2,1-4H3,(H,16,17)/t11?,12-/m1/s1. The van der Waals surface area contributed by atoms with Crippen molar-refractivity contribution in [3.05, 3.63) is 34.9 Å². The van der Waals surface area contributed by atoms with Gasteiger partial charge in [0, 0.05) is 6.04 Å². The number of rotatable bonds is 4. The predicted molar refractivity (Wildman–Crippen MR) is 70.9 cm³/mol. The number of benzene rings is 1. The smallest absolute Gasteiger partial charge is 0.236 e. The van der Waals surface area contributed by atoms with Crippen molar-refractivity contribution in [3.8, 4) is 0 Å². The minimum Gasteiger partial charge on any atom is -0.352 e. The molecule has 0 saturated carbocycles. The van der Waals surface area contributed by atoms with Gasteiger partial charge in [-0.2, -0.15) is 0 Å². The van der Waals surface area contributed by atoms with Gasteiger partial charge in [-0.1, -0.05) is 23.8 Å². The second kappa shape index (κ2) is 5.82. The molecule has 17 heavy (non-hydrogen) atoms. The summed E-state index contributed by atoms with van der Waals surface area (Å²) in [7, 11) is 0. The molecule has 0 radical (unpaired) electrons. The summed E-state index contributed by atoms with van der Waals surface area (Å²) in [6.07, 6.45) is 0.838. The van der Waals surface area contributed by atoms with Gasteiger partial charge in [-0.3, -0.25) is 4.79 Å². The molecule has 1 rings (SSSR count). The Morgan fingerprint density at radius 3 is 2.53 bits per heavy atom. The van der Waals surface area contributed by atoms with Crippen LogP contribution in [0.3, 0.4) is 0 Å². The first-order valence-electron chi connectivity index (χ1n) is 6.02. The molecule has 0 bridgehead atoms. The highest BCUT2D eigenvalue weighted by Gasteiger charge is 2.12. The third-order valence-electron chi connectivity index (χ3n) is 2.83. The van der Waals surface area contributed by atoms with Gasteiger partial charge < -0.3 is 11.1 Å². The number of hydrogen-bond acceptors (Lipinski definition) is 2. The van der Waals surface area contributed by atoms with Crippen LogP contribution in [-0.2, 0) is 11.2 Å². The van der Waals surface area contributed by atoms with Crippen LogP contribution >= 0.6 is 0 Å². The number of carbonyl (C=O) groups excluding carboxylic acids is 1. The molecule has 0 aliphatic carbocycles. The Kier molecular flexibility index (Phi) is 4.70. The summed E-state index contributed by atoms with van der Waals surface area (Å²) < 4.78 is 0. The first-order chi connectivity index (χ1) is 7.90. The zero-order valence-electron chi connectivity index (χ0n) is 11.1. The van der Waals surface area contributed by atoms with Gasteiger partial charge in [0.25, 0.3) is 0 Å². The lowest BCUT2D eigenvalue weighted by Crippen LogP contribution is -2.43. The maximum absolute atomic E-state index is 11.4. The summed E-state index contributed by atoms with van der Waals surface area (Å²) in [5.41, 5.74) is 9.32. The van der Waals surface area contributed by atoms with Crippen LogP contribution in [-0.4, -0.2) is 18.0 Å². The van der Waals surface area contributed by atoms with Gasteiger partial charge in [-0.25, -0.2) is 0 Å². The van der Waals surface area contributed by atoms with Crippen LogP contribution in [0.5, 0.6) is 0 Å². The summed E-state index contributed by atoms with van der Waals surface area (Å²) in [5.74, 6) is -0.0951. The Labute approximate surface area is 103 Å². The van der Waals surface area contributed by atoms with Crippen molar-refractivity contribution in [2.24, 2.45) is 5.73 Å². The summed E-state index contributed by atoms with van der Waals surface area (Å²) >= 11 is 0. The van der Waals surface area contributed by atoms with E-state index in [0.717, 1.165) is 6.42 Å². The first-order valence-corrected chi connectivity index (χ1v) is 6.02. The van der Waals surface area contributed by atoms with Crippen LogP contribution in [0.15, 0.2) is 18.2 Å². The van der Waals surface area contributed by atoms with Crippen molar-refractivity contribution in [1.82, 2.24) is 5.32 Å². The molecule has 1 unspecified atom stereocenters. The molecule has 3 nitrogen and oxygen atoms in total. The van der Waals surface area contributed by atoms with E-state index in [-0.39, 0.29) is 11.9 Å². The molecule has 3 N–H and O–H groups in total. The van der Waals surface area contributed by atoms with Crippen molar-refractivity contribution in [2.75, 3.05) is 0 Å². The Morgan fingerprint density at radius 1 is 1.35 bits per heavy atom. The molecule has 1 aromatic carbocycles. The number of nitrogens with one attached hydrogen (secondary N) is 1. The molecular formula is C14H22N2O. The first kappa shape index (κ1) is 13.7. The van der Waals surface area contributed by atoms with Crippen LogP contribution in [0.2, 0.25) is 0 Å². The molecule has 0 spiro atoms. The van der Waals surface area contributed by atoms with Gasteiger partial charge >= 0.3 is 0 Å². The molecule has 0 aromatic heterocycles. The molecule has 1 amide bonds. The Balaban J connectivity index is 2.62. The molecule has 0 fully saturated rings. The van der Waals surface area contributed by atoms with Gasteiger partial charge in [0.15, 0.2) is 0 Å². The molecule has 0 saturated heterocycles. The maximum Gasteiger partial charge on any atom is 0.236 e. The van der Waals surface area contributed by atoms with Gasteiger partial charge in [0.05, 0.1) is 6.04 Å². The lowest BCUT2D eigenvalue weighted by atomic mass is 10.00. The summed E-state index contributed by atoms with van der Waals surface area (Å²) in [4.78, 5) is 11.4. The fourth-order valence-electron chi connectivity index (χ4n) is 1.83. The van der Waals surface area contributed by atoms with Gasteiger partial charge in [-0.15, -0.1) is 0 Å². The van der Waals surface area contributed by atoms with Gasteiger partial charge in [-0.05, 0) is 45.2 Å². The minimum absolute atomic E-state index is 0.0951. The number of hydrogen-bond donors (Lipinski definition) is 2. The lowest BCUT2D eigenvalue weighted by molar-refractivity contribution is -0.122. The third kappa shape index (κ3) is 4.19. The summed E-state index contributed by atoms with van der Waals surface area (Å²) in [5, 5.41) is 2.91. The highest BCUT2D eigenvalue weighted by atomic mass is 16.2. The zero-order valence-corrected chi connectivity index (χ0v) is 11.1. The van der Waals surface area contributed by atoms with Crippen LogP contribution in [0.4, 0.5) is 0 Å². The quantitative estimate of drug-likeness (QED) is 0.833. The average molecular weight is 234 g/mol. The second-order valence-electron chi connectivity index (χ2n) is 4.83. The topological polar surface area (TPSA) is 55.1 Å². The predicted octanol–water partition coefficient (Wildman–Crippen LogP) is 1.70. The Bertz CT molecular complexity index is 399. The van der Waals surface area contributed by atoms with Crippen LogP contribution in [0.1, 0.15) is 30.5 Å². The third-order valence-corrected chi connectivity index (χ3v) is 2.83. The lowest BCUT2D eigenvalue weighted by Gasteiger charge is -2.17. The SMILES string of the molecule is Cc1ccc(CC(C)NC(=O)[C@@H](C)N)c(C)c1. The van der Waals surface area contributed by atoms with Crippen LogP contribution < -0.4 is 11.1 Å². The van der Waals surface area contributed by atoms with Crippen LogP contribution in [0, 0.1) is 13.8 Å². The van der Waals surface area contributed by atoms with Crippen molar-refractivity contribution >= 4 is 5.91 Å². The highest BCUT2D eigenvalue weighted by molar-refractivity contribution is 5.81. The van der Waals surface area contributed by atoms with Crippen molar-refractivity contribution < 1.29 is 4.79 Å². The van der Waals surface area contributed by atoms with E-state index in [0.29, 0.717) is 0 Å². The molecule has 94 valence electrons. The molecule has 0 aliphatic heterocycles. The fourth-order valence-corrected chi connectivity index (χ4v) is 1.83. The molecule has 0 aliphatic rings. The van der Waals surface area contributed by atoms with Crippen molar-refractivity contribution in [3.63, 3.8) is 0 Å². The average Bonchev–Trinajstić information content (AvgIpc) is 2.22. The highest BCUT2D eigenvalue weighted by Crippen LogP contribution is 2.12. The molecule has 2 atom stereocenters. The molecule has 1 aromatic rings. The van der Waals surface area contributed by atoms with E-state index >= 15 is 0 Å². The van der Waals surface area contributed by atoms with E-state index in [4.69, 9.17) is 5.73 Å². The van der Waals surface area contributed by atoms with E-state index in [1.165, 1.54) is 16.7 Å². The Morgan fingerprint density at radius 2 is 2.00 bits per heavy atom. The van der Waals surface area contributed by atoms with Crippen LogP contribution in [0.25, 0.3) is 0 Å². The Hall–Kier alpha value is -1.35. The minimum atomic E-state index is -0.448. The van der Waals surface area contributed by atoms with E-state index < -0.39 is 6.04 Å². The number of amides is 1. The van der Waals surface area contributed by atoms with E-state index in [1.54, 1.807) is 6.92 Å². The molecule has 3 heteroatoms. The van der Waals surface area contributed by atoms with E-state index in [1.807, 2.05) is 6.92 Å². The molecular weight excluding hydrogens is 212 g/mol. The largest absolute Gasteiger partial charge is 0.352 e. The van der Waals surface area contributed by atoms with E-state index in [9.17, 15) is 4.79 Å². The van der Waals surface area contributed by atoms with Gasteiger partial charge in [0.1, 0.15) is 0 Å². The maximum atomic E-state index is 11.4. The van der Waals surface area contributed by atoms with Crippen molar-refractivity contribution in [2.45, 2.75) is 46.2 Å². The number of carbonyl (C=O) groups is 1. The normalized spacial score (nSPS) is 14.2. The monoisotopic (exact) mass is 234 g/mol. The fraction of sp³-hybridized carbons (Fsp3) is 0.500. The summed E-state index contributed by atoms with van der Waals surface area (Å²) in [6, 6.07) is 6.04. The van der Waals surface area contributed by atoms with Gasteiger partial charge in [0.2, 0.25) is 5.91 Å². The summed E-state index contributed by atoms with van der Waals surface area (Å²) in [6.45, 7) is 7.87. The molecule has 0 heterocycles. The second-order valence-corrected chi connectivity index (χ2v) is 4.83. The number of aryl methyl sites for hydroxylation is 2. The van der Waals surface area contributed by atoms with E-state index in [2.05, 4.69) is 37.4 Å². The zero-order chi connectivity index (χ0) is 13.0. The number of nitrogens with two attached hydrogens (primary N) is 1. The van der Waals surface area contributed by atoms with Crippen molar-refractivity contribution in [1.29, 1.82) is 0 Å².